The summed E-state index contributed by atoms with van der Waals surface area (Å²) in [4.78, 5) is 13.9. The van der Waals surface area contributed by atoms with Gasteiger partial charge >= 0.3 is 0 Å². The third kappa shape index (κ3) is 5.01. The van der Waals surface area contributed by atoms with Crippen LogP contribution in [-0.2, 0) is 21.2 Å². The molecule has 1 aliphatic heterocycles. The van der Waals surface area contributed by atoms with E-state index in [1.54, 1.807) is 13.0 Å². The van der Waals surface area contributed by atoms with Crippen molar-refractivity contribution in [1.29, 1.82) is 0 Å². The molecule has 2 N–H and O–H groups in total. The van der Waals surface area contributed by atoms with Gasteiger partial charge in [-0.25, -0.2) is 30.7 Å². The second-order valence-electron chi connectivity index (χ2n) is 9.65. The predicted octanol–water partition coefficient (Wildman–Crippen LogP) is 3.55. The van der Waals surface area contributed by atoms with E-state index >= 15 is 13.2 Å². The first kappa shape index (κ1) is 26.6. The smallest absolute Gasteiger partial charge is 0.283 e. The van der Waals surface area contributed by atoms with E-state index < -0.39 is 69.9 Å². The van der Waals surface area contributed by atoms with Crippen molar-refractivity contribution in [3.05, 3.63) is 59.2 Å². The van der Waals surface area contributed by atoms with E-state index in [1.165, 1.54) is 31.2 Å². The van der Waals surface area contributed by atoms with Gasteiger partial charge in [-0.3, -0.25) is 4.79 Å². The molecule has 0 spiro atoms. The van der Waals surface area contributed by atoms with Crippen molar-refractivity contribution in [1.82, 2.24) is 9.62 Å². The zero-order chi connectivity index (χ0) is 26.5. The minimum atomic E-state index is -4.11. The largest absolute Gasteiger partial charge is 0.380 e. The zero-order valence-electron chi connectivity index (χ0n) is 19.9. The van der Waals surface area contributed by atoms with Crippen LogP contribution < -0.4 is 4.72 Å². The number of halogens is 4. The number of likely N-dealkylation sites (tertiary alicyclic amines) is 1. The third-order valence-electron chi connectivity index (χ3n) is 7.01. The van der Waals surface area contributed by atoms with Gasteiger partial charge in [0.2, 0.25) is 10.0 Å². The highest BCUT2D eigenvalue weighted by Gasteiger charge is 2.60. The Labute approximate surface area is 207 Å². The molecule has 1 saturated carbocycles. The monoisotopic (exact) mass is 528 g/mol. The molecule has 1 heterocycles. The molecule has 2 fully saturated rings. The van der Waals surface area contributed by atoms with Crippen molar-refractivity contribution in [3.63, 3.8) is 0 Å². The summed E-state index contributed by atoms with van der Waals surface area (Å²) in [5.74, 6) is -6.40. The number of rotatable bonds is 7. The molecule has 2 aromatic rings. The number of hydrogen-bond acceptors (Lipinski definition) is 4. The topological polar surface area (TPSA) is 86.7 Å². The number of hydrogen-bond donors (Lipinski definition) is 2. The summed E-state index contributed by atoms with van der Waals surface area (Å²) in [6, 6.07) is 4.80. The maximum atomic E-state index is 15.6. The lowest BCUT2D eigenvalue weighted by atomic mass is 9.79. The number of alkyl halides is 2. The quantitative estimate of drug-likeness (QED) is 0.539. The normalized spacial score (nSPS) is 22.9. The molecule has 2 aliphatic rings. The molecule has 4 rings (SSSR count). The highest BCUT2D eigenvalue weighted by Crippen LogP contribution is 2.41. The summed E-state index contributed by atoms with van der Waals surface area (Å²) in [6.45, 7) is 1.82. The van der Waals surface area contributed by atoms with Crippen LogP contribution in [0.2, 0.25) is 0 Å². The van der Waals surface area contributed by atoms with Gasteiger partial charge in [-0.1, -0.05) is 24.3 Å². The van der Waals surface area contributed by atoms with E-state index in [4.69, 9.17) is 0 Å². The fourth-order valence-electron chi connectivity index (χ4n) is 4.87. The molecule has 2 aromatic carbocycles. The van der Waals surface area contributed by atoms with Crippen LogP contribution in [0.4, 0.5) is 17.6 Å². The number of benzene rings is 2. The van der Waals surface area contributed by atoms with Gasteiger partial charge in [0, 0.05) is 5.56 Å². The van der Waals surface area contributed by atoms with Crippen LogP contribution in [-0.4, -0.2) is 60.2 Å². The molecular weight excluding hydrogens is 500 g/mol. The van der Waals surface area contributed by atoms with Crippen molar-refractivity contribution < 1.29 is 35.9 Å². The molecule has 1 aliphatic carbocycles. The molecule has 36 heavy (non-hydrogen) atoms. The van der Waals surface area contributed by atoms with E-state index in [9.17, 15) is 22.7 Å². The second-order valence-corrected chi connectivity index (χ2v) is 11.7. The second kappa shape index (κ2) is 9.42. The zero-order valence-corrected chi connectivity index (χ0v) is 20.7. The van der Waals surface area contributed by atoms with Gasteiger partial charge in [0.15, 0.2) is 0 Å². The van der Waals surface area contributed by atoms with Gasteiger partial charge in [0.1, 0.15) is 23.3 Å². The summed E-state index contributed by atoms with van der Waals surface area (Å²) in [6.07, 6.45) is 0.318. The number of aliphatic hydroxyl groups is 1. The lowest BCUT2D eigenvalue weighted by Crippen LogP contribution is -2.57. The molecule has 11 heteroatoms. The molecule has 0 aromatic heterocycles. The van der Waals surface area contributed by atoms with Crippen LogP contribution in [0.3, 0.4) is 0 Å². The first-order valence-corrected chi connectivity index (χ1v) is 13.4. The number of nitrogens with zero attached hydrogens (tertiary/aromatic N) is 1. The minimum Gasteiger partial charge on any atom is -0.380 e. The molecular formula is C25H28F4N2O4S. The highest BCUT2D eigenvalue weighted by atomic mass is 32.2. The SMILES string of the molecule is CCS(=O)(=O)N[C@@H]1[C@H](Cc2cccc(-c3cc(C)cc(F)c3)c2F)N(C(=O)C2(O)CCC2)CC1(F)F. The molecule has 0 radical (unpaired) electrons. The fourth-order valence-corrected chi connectivity index (χ4v) is 5.75. The van der Waals surface area contributed by atoms with Gasteiger partial charge < -0.3 is 10.0 Å². The molecule has 1 saturated heterocycles. The van der Waals surface area contributed by atoms with Gasteiger partial charge in [-0.05, 0) is 68.4 Å². The van der Waals surface area contributed by atoms with Gasteiger partial charge in [-0.2, -0.15) is 0 Å². The number of amides is 1. The first-order chi connectivity index (χ1) is 16.8. The van der Waals surface area contributed by atoms with Gasteiger partial charge in [-0.15, -0.1) is 0 Å². The average molecular weight is 529 g/mol. The van der Waals surface area contributed by atoms with Crippen LogP contribution in [0.1, 0.15) is 37.3 Å². The van der Waals surface area contributed by atoms with E-state index in [1.807, 2.05) is 4.72 Å². The number of carbonyl (C=O) groups is 1. The Morgan fingerprint density at radius 3 is 2.47 bits per heavy atom. The summed E-state index contributed by atoms with van der Waals surface area (Å²) in [5, 5.41) is 10.6. The molecule has 196 valence electrons. The summed E-state index contributed by atoms with van der Waals surface area (Å²) >= 11 is 0. The lowest BCUT2D eigenvalue weighted by molar-refractivity contribution is -0.162. The first-order valence-electron chi connectivity index (χ1n) is 11.7. The maximum absolute atomic E-state index is 15.6. The summed E-state index contributed by atoms with van der Waals surface area (Å²) in [5.41, 5.74) is -0.989. The van der Waals surface area contributed by atoms with Crippen LogP contribution in [0.15, 0.2) is 36.4 Å². The number of nitrogens with one attached hydrogen (secondary N) is 1. The van der Waals surface area contributed by atoms with Crippen LogP contribution in [0.25, 0.3) is 11.1 Å². The predicted molar refractivity (Wildman–Crippen MR) is 126 cm³/mol. The maximum Gasteiger partial charge on any atom is 0.283 e. The third-order valence-corrected chi connectivity index (χ3v) is 8.38. The van der Waals surface area contributed by atoms with Crippen LogP contribution in [0.5, 0.6) is 0 Å². The fraction of sp³-hybridized carbons (Fsp3) is 0.480. The Balaban J connectivity index is 1.75. The molecule has 0 bridgehead atoms. The standard InChI is InChI=1S/C25H28F4N2O4S/c1-3-36(34,35)30-22-20(31(14-25(22,28)29)23(32)24(33)8-5-9-24)13-16-6-4-7-19(21(16)27)17-10-15(2)11-18(26)12-17/h4,6-7,10-12,20,22,30,33H,3,5,8-9,13-14H2,1-2H3/t20-,22+/m0/s1. The number of aryl methyl sites for hydroxylation is 1. The minimum absolute atomic E-state index is 0.0426. The van der Waals surface area contributed by atoms with Crippen LogP contribution >= 0.6 is 0 Å². The molecule has 2 atom stereocenters. The average Bonchev–Trinajstić information content (AvgIpc) is 3.01. The van der Waals surface area contributed by atoms with Crippen molar-refractivity contribution in [3.8, 4) is 11.1 Å². The van der Waals surface area contributed by atoms with E-state index in [0.717, 1.165) is 11.0 Å². The highest BCUT2D eigenvalue weighted by molar-refractivity contribution is 7.89. The van der Waals surface area contributed by atoms with Crippen molar-refractivity contribution in [2.45, 2.75) is 63.1 Å². The Morgan fingerprint density at radius 1 is 1.19 bits per heavy atom. The Hall–Kier alpha value is -2.50. The van der Waals surface area contributed by atoms with Crippen molar-refractivity contribution >= 4 is 15.9 Å². The number of carbonyl (C=O) groups excluding carboxylic acids is 1. The van der Waals surface area contributed by atoms with Gasteiger partial charge in [0.25, 0.3) is 11.8 Å². The number of sulfonamides is 1. The Morgan fingerprint density at radius 2 is 1.89 bits per heavy atom. The molecule has 0 unspecified atom stereocenters. The summed E-state index contributed by atoms with van der Waals surface area (Å²) < 4.78 is 86.4. The van der Waals surface area contributed by atoms with E-state index in [-0.39, 0.29) is 29.5 Å². The van der Waals surface area contributed by atoms with E-state index in [0.29, 0.717) is 12.0 Å². The molecule has 1 amide bonds. The Kier molecular flexibility index (Phi) is 6.95. The van der Waals surface area contributed by atoms with Gasteiger partial charge in [0.05, 0.1) is 18.3 Å². The Bertz CT molecular complexity index is 1260. The van der Waals surface area contributed by atoms with Crippen molar-refractivity contribution in [2.24, 2.45) is 0 Å². The van der Waals surface area contributed by atoms with Crippen molar-refractivity contribution in [2.75, 3.05) is 12.3 Å². The lowest BCUT2D eigenvalue weighted by Gasteiger charge is -2.40. The molecule has 6 nitrogen and oxygen atoms in total. The van der Waals surface area contributed by atoms with E-state index in [2.05, 4.69) is 0 Å². The van der Waals surface area contributed by atoms with Crippen LogP contribution in [0, 0.1) is 18.6 Å². The summed E-state index contributed by atoms with van der Waals surface area (Å²) in [7, 11) is -4.11.